The van der Waals surface area contributed by atoms with Crippen LogP contribution in [0.2, 0.25) is 0 Å². The molecule has 0 bridgehead atoms. The number of nitrogens with zero attached hydrogens (tertiary/aromatic N) is 1. The first kappa shape index (κ1) is 24.4. The maximum Gasteiger partial charge on any atom is 0.306 e. The minimum absolute atomic E-state index is 0.00866. The van der Waals surface area contributed by atoms with E-state index in [2.05, 4.69) is 48.8 Å². The first-order valence-corrected chi connectivity index (χ1v) is 10.5. The predicted molar refractivity (Wildman–Crippen MR) is 109 cm³/mol. The number of esters is 1. The van der Waals surface area contributed by atoms with Gasteiger partial charge in [-0.2, -0.15) is 0 Å². The minimum Gasteiger partial charge on any atom is -0.456 e. The summed E-state index contributed by atoms with van der Waals surface area (Å²) in [5.74, 6) is -0.00866. The average Bonchev–Trinajstić information content (AvgIpc) is 2.41. The topological polar surface area (TPSA) is 26.3 Å². The molecular weight excluding hydrogens is 310 g/mol. The Balaban J connectivity index is 3.94. The van der Waals surface area contributed by atoms with Crippen molar-refractivity contribution in [1.29, 1.82) is 0 Å². The molecule has 0 aliphatic rings. The van der Waals surface area contributed by atoms with Crippen molar-refractivity contribution in [2.45, 2.75) is 104 Å². The van der Waals surface area contributed by atoms with Gasteiger partial charge in [-0.1, -0.05) is 79.1 Å². The van der Waals surface area contributed by atoms with E-state index in [0.717, 1.165) is 30.3 Å². The van der Waals surface area contributed by atoms with Crippen molar-refractivity contribution in [3.05, 3.63) is 0 Å². The van der Waals surface area contributed by atoms with Gasteiger partial charge in [0.25, 0.3) is 0 Å². The van der Waals surface area contributed by atoms with Gasteiger partial charge in [0.1, 0.15) is 6.54 Å². The van der Waals surface area contributed by atoms with Gasteiger partial charge >= 0.3 is 5.97 Å². The van der Waals surface area contributed by atoms with E-state index in [9.17, 15) is 4.79 Å². The standard InChI is InChI=1S/C22H46NO2/c1-8-9-10-11-12-13-14-15-16-17-21(24)25-20(18-22(2,3)4)19-23(5,6)7/h20H,8-19H2,1-7H3/q+1. The molecule has 0 fully saturated rings. The SMILES string of the molecule is CCCCCCCCCCCC(=O)OC(CC(C)(C)C)C[N+](C)(C)C. The summed E-state index contributed by atoms with van der Waals surface area (Å²) in [4.78, 5) is 12.2. The van der Waals surface area contributed by atoms with Gasteiger partial charge in [-0.15, -0.1) is 0 Å². The van der Waals surface area contributed by atoms with Gasteiger partial charge in [0.15, 0.2) is 6.10 Å². The molecule has 1 atom stereocenters. The van der Waals surface area contributed by atoms with Crippen molar-refractivity contribution in [2.75, 3.05) is 27.7 Å². The summed E-state index contributed by atoms with van der Waals surface area (Å²) in [6.45, 7) is 9.77. The van der Waals surface area contributed by atoms with Crippen molar-refractivity contribution in [1.82, 2.24) is 0 Å². The Hall–Kier alpha value is -0.570. The zero-order chi connectivity index (χ0) is 19.3. The molecule has 0 aromatic heterocycles. The van der Waals surface area contributed by atoms with E-state index in [1.807, 2.05) is 0 Å². The fourth-order valence-electron chi connectivity index (χ4n) is 3.26. The van der Waals surface area contributed by atoms with Crippen LogP contribution in [0.5, 0.6) is 0 Å². The first-order chi connectivity index (χ1) is 11.5. The highest BCUT2D eigenvalue weighted by molar-refractivity contribution is 5.69. The lowest BCUT2D eigenvalue weighted by Crippen LogP contribution is -2.44. The molecule has 0 saturated carbocycles. The summed E-state index contributed by atoms with van der Waals surface area (Å²) < 4.78 is 6.65. The smallest absolute Gasteiger partial charge is 0.306 e. The number of hydrogen-bond acceptors (Lipinski definition) is 2. The minimum atomic E-state index is -0.00866. The van der Waals surface area contributed by atoms with Crippen molar-refractivity contribution < 1.29 is 14.0 Å². The summed E-state index contributed by atoms with van der Waals surface area (Å²) in [7, 11) is 6.47. The highest BCUT2D eigenvalue weighted by Gasteiger charge is 2.27. The van der Waals surface area contributed by atoms with Crippen LogP contribution in [0.15, 0.2) is 0 Å². The van der Waals surface area contributed by atoms with Gasteiger partial charge in [0, 0.05) is 6.42 Å². The molecular formula is C22H46NO2+. The molecule has 0 aromatic carbocycles. The third-order valence-electron chi connectivity index (χ3n) is 4.37. The molecule has 0 spiro atoms. The first-order valence-electron chi connectivity index (χ1n) is 10.5. The lowest BCUT2D eigenvalue weighted by Gasteiger charge is -2.32. The second-order valence-corrected chi connectivity index (χ2v) is 9.93. The number of ether oxygens (including phenoxy) is 1. The molecule has 0 heterocycles. The number of carbonyl (C=O) groups is 1. The Kier molecular flexibility index (Phi) is 12.4. The normalized spacial score (nSPS) is 13.7. The summed E-state index contributed by atoms with van der Waals surface area (Å²) in [6.07, 6.45) is 13.0. The maximum absolute atomic E-state index is 12.2. The number of quaternary nitrogens is 1. The van der Waals surface area contributed by atoms with Gasteiger partial charge in [-0.05, 0) is 18.3 Å². The van der Waals surface area contributed by atoms with E-state index in [-0.39, 0.29) is 17.5 Å². The molecule has 3 nitrogen and oxygen atoms in total. The summed E-state index contributed by atoms with van der Waals surface area (Å²) >= 11 is 0. The largest absolute Gasteiger partial charge is 0.456 e. The van der Waals surface area contributed by atoms with E-state index in [1.165, 1.54) is 44.9 Å². The molecule has 0 aliphatic carbocycles. The van der Waals surface area contributed by atoms with Crippen molar-refractivity contribution in [3.8, 4) is 0 Å². The van der Waals surface area contributed by atoms with Gasteiger partial charge in [0.05, 0.1) is 21.1 Å². The van der Waals surface area contributed by atoms with Crippen molar-refractivity contribution >= 4 is 5.97 Å². The molecule has 150 valence electrons. The lowest BCUT2D eigenvalue weighted by molar-refractivity contribution is -0.873. The van der Waals surface area contributed by atoms with E-state index in [4.69, 9.17) is 4.74 Å². The fraction of sp³-hybridized carbons (Fsp3) is 0.955. The van der Waals surface area contributed by atoms with Gasteiger partial charge in [-0.3, -0.25) is 4.79 Å². The van der Waals surface area contributed by atoms with Gasteiger partial charge in [-0.25, -0.2) is 0 Å². The van der Waals surface area contributed by atoms with Gasteiger partial charge < -0.3 is 9.22 Å². The molecule has 25 heavy (non-hydrogen) atoms. The van der Waals surface area contributed by atoms with Crippen molar-refractivity contribution in [3.63, 3.8) is 0 Å². The van der Waals surface area contributed by atoms with E-state index < -0.39 is 0 Å². The predicted octanol–water partition coefficient (Wildman–Crippen LogP) is 5.96. The Labute approximate surface area is 158 Å². The monoisotopic (exact) mass is 356 g/mol. The average molecular weight is 357 g/mol. The van der Waals surface area contributed by atoms with Crippen LogP contribution in [-0.2, 0) is 9.53 Å². The number of unbranched alkanes of at least 4 members (excludes halogenated alkanes) is 8. The van der Waals surface area contributed by atoms with Crippen LogP contribution in [-0.4, -0.2) is 44.2 Å². The number of carbonyl (C=O) groups excluding carboxylic acids is 1. The van der Waals surface area contributed by atoms with E-state index in [1.54, 1.807) is 0 Å². The number of rotatable bonds is 14. The van der Waals surface area contributed by atoms with Crippen LogP contribution < -0.4 is 0 Å². The second-order valence-electron chi connectivity index (χ2n) is 9.93. The lowest BCUT2D eigenvalue weighted by atomic mass is 9.89. The van der Waals surface area contributed by atoms with Crippen LogP contribution in [0.25, 0.3) is 0 Å². The number of likely N-dealkylation sites (N-methyl/N-ethyl adjacent to an activating group) is 1. The Bertz CT molecular complexity index is 323. The Morgan fingerprint density at radius 1 is 0.880 bits per heavy atom. The molecule has 0 rings (SSSR count). The Morgan fingerprint density at radius 2 is 1.36 bits per heavy atom. The fourth-order valence-corrected chi connectivity index (χ4v) is 3.26. The molecule has 0 saturated heterocycles. The molecule has 1 unspecified atom stereocenters. The highest BCUT2D eigenvalue weighted by atomic mass is 16.5. The third kappa shape index (κ3) is 18.0. The molecule has 0 aliphatic heterocycles. The third-order valence-corrected chi connectivity index (χ3v) is 4.37. The molecule has 0 aromatic rings. The molecule has 0 radical (unpaired) electrons. The summed E-state index contributed by atoms with van der Waals surface area (Å²) in [6, 6.07) is 0. The maximum atomic E-state index is 12.2. The number of hydrogen-bond donors (Lipinski definition) is 0. The van der Waals surface area contributed by atoms with E-state index >= 15 is 0 Å². The van der Waals surface area contributed by atoms with E-state index in [0.29, 0.717) is 6.42 Å². The Morgan fingerprint density at radius 3 is 1.80 bits per heavy atom. The van der Waals surface area contributed by atoms with Crippen LogP contribution in [0.3, 0.4) is 0 Å². The van der Waals surface area contributed by atoms with Gasteiger partial charge in [0.2, 0.25) is 0 Å². The van der Waals surface area contributed by atoms with Crippen LogP contribution in [0, 0.1) is 5.41 Å². The summed E-state index contributed by atoms with van der Waals surface area (Å²) in [5, 5.41) is 0. The molecule has 0 N–H and O–H groups in total. The van der Waals surface area contributed by atoms with Crippen LogP contribution in [0.1, 0.15) is 98.3 Å². The zero-order valence-corrected chi connectivity index (χ0v) is 18.3. The summed E-state index contributed by atoms with van der Waals surface area (Å²) in [5.41, 5.74) is 0.178. The van der Waals surface area contributed by atoms with Crippen LogP contribution in [0.4, 0.5) is 0 Å². The quantitative estimate of drug-likeness (QED) is 0.218. The molecule has 3 heteroatoms. The zero-order valence-electron chi connectivity index (χ0n) is 18.3. The highest BCUT2D eigenvalue weighted by Crippen LogP contribution is 2.24. The molecule has 0 amide bonds. The second kappa shape index (κ2) is 12.7. The van der Waals surface area contributed by atoms with Crippen LogP contribution >= 0.6 is 0 Å². The van der Waals surface area contributed by atoms with Crippen molar-refractivity contribution in [2.24, 2.45) is 5.41 Å².